The highest BCUT2D eigenvalue weighted by Gasteiger charge is 2.27. The maximum absolute atomic E-state index is 12.3. The number of amides is 2. The number of aryl methyl sites for hydroxylation is 1. The fraction of sp³-hybridized carbons (Fsp3) is 0.714. The number of nitrogens with zero attached hydrogens (tertiary/aromatic N) is 3. The van der Waals surface area contributed by atoms with Crippen LogP contribution < -0.4 is 5.32 Å². The maximum Gasteiger partial charge on any atom is 0.318 e. The summed E-state index contributed by atoms with van der Waals surface area (Å²) >= 11 is 0. The highest BCUT2D eigenvalue weighted by molar-refractivity contribution is 5.75. The summed E-state index contributed by atoms with van der Waals surface area (Å²) in [6.07, 6.45) is 1.98. The van der Waals surface area contributed by atoms with Crippen molar-refractivity contribution in [2.24, 2.45) is 7.05 Å². The molecule has 0 spiro atoms. The van der Waals surface area contributed by atoms with Gasteiger partial charge in [0.15, 0.2) is 0 Å². The number of ether oxygens (including phenoxy) is 1. The van der Waals surface area contributed by atoms with E-state index in [-0.39, 0.29) is 24.3 Å². The highest BCUT2D eigenvalue weighted by atomic mass is 16.5. The van der Waals surface area contributed by atoms with Crippen LogP contribution in [0.5, 0.6) is 0 Å². The van der Waals surface area contributed by atoms with Crippen LogP contribution in [0, 0.1) is 6.92 Å². The number of aromatic nitrogens is 2. The molecule has 1 aliphatic rings. The molecule has 1 fully saturated rings. The predicted molar refractivity (Wildman–Crippen MR) is 76.5 cm³/mol. The number of carbonyl (C=O) groups excluding carboxylic acids is 1. The summed E-state index contributed by atoms with van der Waals surface area (Å²) in [4.78, 5) is 14.1. The summed E-state index contributed by atoms with van der Waals surface area (Å²) in [6, 6.07) is -0.0904. The smallest absolute Gasteiger partial charge is 0.318 e. The molecule has 2 amide bonds. The second kappa shape index (κ2) is 5.83. The number of rotatable bonds is 2. The number of carbonyl (C=O) groups is 1. The first-order chi connectivity index (χ1) is 9.38. The Kier molecular flexibility index (Phi) is 4.32. The minimum absolute atomic E-state index is 0.0391. The van der Waals surface area contributed by atoms with Gasteiger partial charge in [0.1, 0.15) is 0 Å². The average molecular weight is 280 g/mol. The van der Waals surface area contributed by atoms with Gasteiger partial charge in [0, 0.05) is 31.4 Å². The van der Waals surface area contributed by atoms with Crippen LogP contribution in [0.2, 0.25) is 0 Å². The number of nitrogens with one attached hydrogen (secondary N) is 1. The molecule has 2 rings (SSSR count). The Balaban J connectivity index is 1.99. The quantitative estimate of drug-likeness (QED) is 0.895. The number of morpholine rings is 1. The Labute approximate surface area is 120 Å². The Bertz CT molecular complexity index is 476. The Morgan fingerprint density at radius 3 is 2.55 bits per heavy atom. The van der Waals surface area contributed by atoms with Crippen LogP contribution in [0.3, 0.4) is 0 Å². The van der Waals surface area contributed by atoms with Gasteiger partial charge in [0.25, 0.3) is 0 Å². The molecule has 0 bridgehead atoms. The molecule has 1 aromatic rings. The third-order valence-corrected chi connectivity index (χ3v) is 3.79. The zero-order valence-electron chi connectivity index (χ0n) is 12.9. The van der Waals surface area contributed by atoms with Crippen LogP contribution in [0.4, 0.5) is 4.79 Å². The largest absolute Gasteiger partial charge is 0.372 e. The second-order valence-electron chi connectivity index (χ2n) is 5.64. The van der Waals surface area contributed by atoms with Crippen molar-refractivity contribution in [3.05, 3.63) is 17.5 Å². The van der Waals surface area contributed by atoms with Crippen molar-refractivity contribution in [1.82, 2.24) is 20.0 Å². The normalized spacial score (nSPS) is 24.6. The number of hydrogen-bond acceptors (Lipinski definition) is 3. The fourth-order valence-corrected chi connectivity index (χ4v) is 2.64. The predicted octanol–water partition coefficient (Wildman–Crippen LogP) is 1.61. The van der Waals surface area contributed by atoms with Crippen LogP contribution >= 0.6 is 0 Å². The van der Waals surface area contributed by atoms with Gasteiger partial charge in [-0.05, 0) is 27.7 Å². The van der Waals surface area contributed by atoms with Crippen molar-refractivity contribution in [1.29, 1.82) is 0 Å². The van der Waals surface area contributed by atoms with E-state index in [4.69, 9.17) is 4.74 Å². The zero-order chi connectivity index (χ0) is 14.9. The van der Waals surface area contributed by atoms with E-state index in [9.17, 15) is 4.79 Å². The molecule has 0 radical (unpaired) electrons. The lowest BCUT2D eigenvalue weighted by molar-refractivity contribution is -0.0547. The molecule has 20 heavy (non-hydrogen) atoms. The summed E-state index contributed by atoms with van der Waals surface area (Å²) in [5.74, 6) is 0. The van der Waals surface area contributed by atoms with E-state index < -0.39 is 0 Å². The maximum atomic E-state index is 12.3. The van der Waals surface area contributed by atoms with Crippen molar-refractivity contribution >= 4 is 6.03 Å². The van der Waals surface area contributed by atoms with E-state index in [2.05, 4.69) is 10.4 Å². The molecule has 3 atom stereocenters. The molecular formula is C14H24N4O2. The van der Waals surface area contributed by atoms with Gasteiger partial charge >= 0.3 is 6.03 Å². The van der Waals surface area contributed by atoms with Crippen molar-refractivity contribution in [3.8, 4) is 0 Å². The van der Waals surface area contributed by atoms with Gasteiger partial charge in [-0.25, -0.2) is 4.79 Å². The molecular weight excluding hydrogens is 256 g/mol. The molecule has 2 heterocycles. The molecule has 0 unspecified atom stereocenters. The van der Waals surface area contributed by atoms with Gasteiger partial charge in [-0.3, -0.25) is 4.68 Å². The molecule has 1 aromatic heterocycles. The van der Waals surface area contributed by atoms with Gasteiger partial charge in [-0.1, -0.05) is 0 Å². The molecule has 6 nitrogen and oxygen atoms in total. The first-order valence-electron chi connectivity index (χ1n) is 7.08. The second-order valence-corrected chi connectivity index (χ2v) is 5.64. The van der Waals surface area contributed by atoms with E-state index in [0.29, 0.717) is 13.1 Å². The first kappa shape index (κ1) is 14.8. The van der Waals surface area contributed by atoms with E-state index in [1.165, 1.54) is 0 Å². The standard InChI is InChI=1S/C14H24N4O2/c1-9-7-18(8-10(2)20-9)14(19)16-11(3)13-6-15-17(5)12(13)4/h6,9-11H,7-8H2,1-5H3,(H,16,19)/t9-,10-,11-/m0/s1. The van der Waals surface area contributed by atoms with Crippen LogP contribution in [0.25, 0.3) is 0 Å². The summed E-state index contributed by atoms with van der Waals surface area (Å²) in [7, 11) is 1.90. The molecule has 112 valence electrons. The van der Waals surface area contributed by atoms with Crippen molar-refractivity contribution in [2.45, 2.75) is 45.9 Å². The summed E-state index contributed by atoms with van der Waals surface area (Å²) < 4.78 is 7.46. The molecule has 0 aliphatic carbocycles. The monoisotopic (exact) mass is 280 g/mol. The zero-order valence-corrected chi connectivity index (χ0v) is 12.9. The number of hydrogen-bond donors (Lipinski definition) is 1. The topological polar surface area (TPSA) is 59.4 Å². The lowest BCUT2D eigenvalue weighted by atomic mass is 10.1. The third-order valence-electron chi connectivity index (χ3n) is 3.79. The highest BCUT2D eigenvalue weighted by Crippen LogP contribution is 2.17. The summed E-state index contributed by atoms with van der Waals surface area (Å²) in [6.45, 7) is 9.23. The Morgan fingerprint density at radius 2 is 2.05 bits per heavy atom. The SMILES string of the molecule is Cc1c([C@H](C)NC(=O)N2C[C@H](C)O[C@@H](C)C2)cnn1C. The van der Waals surface area contributed by atoms with Gasteiger partial charge in [0.2, 0.25) is 0 Å². The molecule has 0 saturated carbocycles. The molecule has 1 aliphatic heterocycles. The van der Waals surface area contributed by atoms with E-state index in [0.717, 1.165) is 11.3 Å². The van der Waals surface area contributed by atoms with Crippen molar-refractivity contribution in [2.75, 3.05) is 13.1 Å². The van der Waals surface area contributed by atoms with Crippen molar-refractivity contribution < 1.29 is 9.53 Å². The van der Waals surface area contributed by atoms with Gasteiger partial charge in [0.05, 0.1) is 24.4 Å². The van der Waals surface area contributed by atoms with Gasteiger partial charge in [-0.15, -0.1) is 0 Å². The molecule has 1 saturated heterocycles. The van der Waals surface area contributed by atoms with Crippen molar-refractivity contribution in [3.63, 3.8) is 0 Å². The average Bonchev–Trinajstić information content (AvgIpc) is 2.68. The van der Waals surface area contributed by atoms with Crippen LogP contribution in [-0.4, -0.2) is 46.0 Å². The van der Waals surface area contributed by atoms with Crippen LogP contribution in [0.15, 0.2) is 6.20 Å². The van der Waals surface area contributed by atoms with E-state index in [1.54, 1.807) is 0 Å². The van der Waals surface area contributed by atoms with Gasteiger partial charge in [-0.2, -0.15) is 5.10 Å². The van der Waals surface area contributed by atoms with Crippen LogP contribution in [-0.2, 0) is 11.8 Å². The number of urea groups is 1. The molecule has 0 aromatic carbocycles. The Morgan fingerprint density at radius 1 is 1.45 bits per heavy atom. The lowest BCUT2D eigenvalue weighted by Crippen LogP contribution is -2.52. The third kappa shape index (κ3) is 3.12. The fourth-order valence-electron chi connectivity index (χ4n) is 2.64. The van der Waals surface area contributed by atoms with Crippen LogP contribution in [0.1, 0.15) is 38.1 Å². The van der Waals surface area contributed by atoms with Gasteiger partial charge < -0.3 is 15.0 Å². The minimum Gasteiger partial charge on any atom is -0.372 e. The molecule has 1 N–H and O–H groups in total. The summed E-state index contributed by atoms with van der Waals surface area (Å²) in [5.41, 5.74) is 2.12. The molecule has 6 heteroatoms. The summed E-state index contributed by atoms with van der Waals surface area (Å²) in [5, 5.41) is 7.25. The lowest BCUT2D eigenvalue weighted by Gasteiger charge is -2.35. The van der Waals surface area contributed by atoms with E-state index >= 15 is 0 Å². The first-order valence-corrected chi connectivity index (χ1v) is 7.08. The Hall–Kier alpha value is -1.56. The minimum atomic E-state index is -0.0512. The van der Waals surface area contributed by atoms with E-state index in [1.807, 2.05) is 50.5 Å².